The molecule has 0 heterocycles. The van der Waals surface area contributed by atoms with Gasteiger partial charge in [-0.3, -0.25) is 0 Å². The van der Waals surface area contributed by atoms with Crippen LogP contribution in [-0.2, 0) is 6.18 Å². The fraction of sp³-hybridized carbons (Fsp3) is 0.167. The monoisotopic (exact) mass is 253 g/mol. The molecule has 0 unspecified atom stereocenters. The molecule has 3 nitrogen and oxygen atoms in total. The number of benzene rings is 1. The Morgan fingerprint density at radius 3 is 2.56 bits per heavy atom. The molecule has 0 saturated carbocycles. The number of carboxylic acids is 1. The number of hydrogen-bond acceptors (Lipinski definition) is 2. The van der Waals surface area contributed by atoms with Gasteiger partial charge >= 0.3 is 12.1 Å². The molecule has 0 aliphatic rings. The lowest BCUT2D eigenvalue weighted by molar-refractivity contribution is -0.138. The minimum Gasteiger partial charge on any atom is -0.478 e. The minimum absolute atomic E-state index is 0.0163. The molecule has 0 amide bonds. The molecule has 6 heteroatoms. The van der Waals surface area contributed by atoms with Crippen LogP contribution in [0.3, 0.4) is 0 Å². The predicted octanol–water partition coefficient (Wildman–Crippen LogP) is 2.67. The number of carboxylic acid groups (broad SMARTS) is 1. The second kappa shape index (κ2) is 5.24. The maximum Gasteiger partial charge on any atom is 0.417 e. The van der Waals surface area contributed by atoms with E-state index in [1.165, 1.54) is 6.07 Å². The van der Waals surface area contributed by atoms with Crippen LogP contribution < -0.4 is 0 Å². The lowest BCUT2D eigenvalue weighted by atomic mass is 10.0. The molecule has 0 saturated heterocycles. The lowest BCUT2D eigenvalue weighted by Crippen LogP contribution is -2.13. The average molecular weight is 253 g/mol. The Morgan fingerprint density at radius 2 is 2.06 bits per heavy atom. The lowest BCUT2D eigenvalue weighted by Gasteiger charge is -2.10. The van der Waals surface area contributed by atoms with Crippen molar-refractivity contribution in [2.24, 2.45) is 0 Å². The minimum atomic E-state index is -4.76. The van der Waals surface area contributed by atoms with Crippen molar-refractivity contribution < 1.29 is 23.1 Å². The Hall–Kier alpha value is -2.47. The van der Waals surface area contributed by atoms with E-state index in [1.54, 1.807) is 6.07 Å². The van der Waals surface area contributed by atoms with Gasteiger partial charge in [-0.1, -0.05) is 11.8 Å². The van der Waals surface area contributed by atoms with Crippen LogP contribution in [0.25, 0.3) is 0 Å². The third-order valence-electron chi connectivity index (χ3n) is 1.96. The zero-order valence-electron chi connectivity index (χ0n) is 8.88. The molecule has 0 atom stereocenters. The molecule has 0 aromatic heterocycles. The molecule has 0 aliphatic heterocycles. The summed E-state index contributed by atoms with van der Waals surface area (Å²) in [6.07, 6.45) is -4.87. The van der Waals surface area contributed by atoms with Gasteiger partial charge in [-0.2, -0.15) is 18.4 Å². The first-order chi connectivity index (χ1) is 8.36. The number of hydrogen-bond donors (Lipinski definition) is 1. The number of alkyl halides is 3. The second-order valence-electron chi connectivity index (χ2n) is 3.20. The van der Waals surface area contributed by atoms with Crippen LogP contribution in [0, 0.1) is 23.2 Å². The molecule has 18 heavy (non-hydrogen) atoms. The Bertz CT molecular complexity index is 574. The van der Waals surface area contributed by atoms with Crippen LogP contribution in [0.5, 0.6) is 0 Å². The number of halogens is 3. The molecule has 1 aromatic carbocycles. The van der Waals surface area contributed by atoms with Crippen LogP contribution in [0.2, 0.25) is 0 Å². The van der Waals surface area contributed by atoms with Crippen molar-refractivity contribution in [1.29, 1.82) is 5.26 Å². The van der Waals surface area contributed by atoms with E-state index >= 15 is 0 Å². The molecule has 0 aliphatic carbocycles. The van der Waals surface area contributed by atoms with Gasteiger partial charge in [0.05, 0.1) is 23.6 Å². The van der Waals surface area contributed by atoms with E-state index in [0.717, 1.165) is 6.07 Å². The van der Waals surface area contributed by atoms with Gasteiger partial charge in [0, 0.05) is 5.56 Å². The van der Waals surface area contributed by atoms with Crippen LogP contribution in [0.4, 0.5) is 13.2 Å². The van der Waals surface area contributed by atoms with Gasteiger partial charge in [-0.05, 0) is 18.2 Å². The molecular formula is C12H6F3NO2. The normalized spacial score (nSPS) is 10.1. The molecule has 1 N–H and O–H groups in total. The van der Waals surface area contributed by atoms with Crippen LogP contribution in [-0.4, -0.2) is 11.1 Å². The summed E-state index contributed by atoms with van der Waals surface area (Å²) in [5, 5.41) is 16.9. The second-order valence-corrected chi connectivity index (χ2v) is 3.20. The molecule has 0 bridgehead atoms. The fourth-order valence-electron chi connectivity index (χ4n) is 1.23. The van der Waals surface area contributed by atoms with Crippen molar-refractivity contribution in [3.05, 3.63) is 34.9 Å². The van der Waals surface area contributed by atoms with Gasteiger partial charge in [-0.15, -0.1) is 0 Å². The van der Waals surface area contributed by atoms with E-state index in [1.807, 2.05) is 0 Å². The zero-order valence-corrected chi connectivity index (χ0v) is 8.88. The summed E-state index contributed by atoms with van der Waals surface area (Å²) in [7, 11) is 0. The van der Waals surface area contributed by atoms with E-state index < -0.39 is 23.3 Å². The van der Waals surface area contributed by atoms with Crippen molar-refractivity contribution in [3.8, 4) is 17.9 Å². The average Bonchev–Trinajstić information content (AvgIpc) is 2.28. The van der Waals surface area contributed by atoms with E-state index in [-0.39, 0.29) is 12.0 Å². The number of rotatable bonds is 1. The topological polar surface area (TPSA) is 61.1 Å². The Labute approximate surface area is 100 Å². The highest BCUT2D eigenvalue weighted by Crippen LogP contribution is 2.32. The highest BCUT2D eigenvalue weighted by Gasteiger charge is 2.35. The van der Waals surface area contributed by atoms with E-state index in [9.17, 15) is 18.0 Å². The van der Waals surface area contributed by atoms with Crippen LogP contribution in [0.15, 0.2) is 18.2 Å². The number of aromatic carboxylic acids is 1. The van der Waals surface area contributed by atoms with Gasteiger partial charge in [0.1, 0.15) is 0 Å². The fourth-order valence-corrected chi connectivity index (χ4v) is 1.23. The van der Waals surface area contributed by atoms with Gasteiger partial charge in [0.2, 0.25) is 0 Å². The van der Waals surface area contributed by atoms with E-state index in [0.29, 0.717) is 6.07 Å². The first-order valence-corrected chi connectivity index (χ1v) is 4.66. The Kier molecular flexibility index (Phi) is 3.96. The molecule has 1 rings (SSSR count). The summed E-state index contributed by atoms with van der Waals surface area (Å²) in [4.78, 5) is 10.7. The van der Waals surface area contributed by atoms with Crippen molar-refractivity contribution in [2.75, 3.05) is 0 Å². The van der Waals surface area contributed by atoms with Gasteiger partial charge < -0.3 is 5.11 Å². The van der Waals surface area contributed by atoms with E-state index in [2.05, 4.69) is 11.8 Å². The summed E-state index contributed by atoms with van der Waals surface area (Å²) in [5.41, 5.74) is -2.06. The molecule has 0 fully saturated rings. The summed E-state index contributed by atoms with van der Waals surface area (Å²) in [5.74, 6) is 3.06. The SMILES string of the molecule is N#CCC#Cc1ccc(C(=O)O)c(C(F)(F)F)c1. The van der Waals surface area contributed by atoms with Gasteiger partial charge in [0.15, 0.2) is 0 Å². The van der Waals surface area contributed by atoms with Crippen LogP contribution >= 0.6 is 0 Å². The first-order valence-electron chi connectivity index (χ1n) is 4.66. The van der Waals surface area contributed by atoms with Crippen molar-refractivity contribution in [3.63, 3.8) is 0 Å². The van der Waals surface area contributed by atoms with Gasteiger partial charge in [0.25, 0.3) is 0 Å². The summed E-state index contributed by atoms with van der Waals surface area (Å²) >= 11 is 0. The third-order valence-corrected chi connectivity index (χ3v) is 1.96. The number of carbonyl (C=O) groups is 1. The molecule has 0 radical (unpaired) electrons. The smallest absolute Gasteiger partial charge is 0.417 e. The first kappa shape index (κ1) is 13.6. The number of nitriles is 1. The summed E-state index contributed by atoms with van der Waals surface area (Å²) < 4.78 is 37.8. The molecular weight excluding hydrogens is 247 g/mol. The standard InChI is InChI=1S/C12H6F3NO2/c13-12(14,15)10-7-8(3-1-2-6-16)4-5-9(10)11(17)18/h4-5,7H,2H2,(H,17,18). The predicted molar refractivity (Wildman–Crippen MR) is 55.5 cm³/mol. The summed E-state index contributed by atoms with van der Waals surface area (Å²) in [6.45, 7) is 0. The number of nitrogens with zero attached hydrogens (tertiary/aromatic N) is 1. The van der Waals surface area contributed by atoms with Crippen molar-refractivity contribution in [2.45, 2.75) is 12.6 Å². The third kappa shape index (κ3) is 3.26. The Morgan fingerprint density at radius 1 is 1.39 bits per heavy atom. The molecule has 92 valence electrons. The molecule has 1 aromatic rings. The van der Waals surface area contributed by atoms with Gasteiger partial charge in [-0.25, -0.2) is 4.79 Å². The Balaban J connectivity index is 3.29. The largest absolute Gasteiger partial charge is 0.478 e. The van der Waals surface area contributed by atoms with E-state index in [4.69, 9.17) is 10.4 Å². The maximum absolute atomic E-state index is 12.6. The zero-order chi connectivity index (χ0) is 13.8. The van der Waals surface area contributed by atoms with Crippen LogP contribution in [0.1, 0.15) is 27.9 Å². The summed E-state index contributed by atoms with van der Waals surface area (Å²) in [6, 6.07) is 4.40. The van der Waals surface area contributed by atoms with Crippen molar-refractivity contribution >= 4 is 5.97 Å². The highest BCUT2D eigenvalue weighted by atomic mass is 19.4. The molecule has 0 spiro atoms. The quantitative estimate of drug-likeness (QED) is 0.782. The maximum atomic E-state index is 12.6. The van der Waals surface area contributed by atoms with Crippen molar-refractivity contribution in [1.82, 2.24) is 0 Å². The highest BCUT2D eigenvalue weighted by molar-refractivity contribution is 5.89.